The molecule has 0 aromatic heterocycles. The summed E-state index contributed by atoms with van der Waals surface area (Å²) in [6.07, 6.45) is -0.0995. The lowest BCUT2D eigenvalue weighted by Crippen LogP contribution is -2.43. The molecule has 0 saturated carbocycles. The Labute approximate surface area is 178 Å². The van der Waals surface area contributed by atoms with Crippen LogP contribution >= 0.6 is 22.6 Å². The third-order valence-electron chi connectivity index (χ3n) is 4.82. The van der Waals surface area contributed by atoms with Crippen molar-refractivity contribution in [2.75, 3.05) is 11.2 Å². The zero-order chi connectivity index (χ0) is 20.1. The van der Waals surface area contributed by atoms with E-state index in [9.17, 15) is 9.59 Å². The first-order chi connectivity index (χ1) is 13.5. The molecule has 2 aromatic carbocycles. The zero-order valence-electron chi connectivity index (χ0n) is 16.0. The number of hydrogen-bond acceptors (Lipinski definition) is 4. The molecule has 1 aliphatic rings. The van der Waals surface area contributed by atoms with Crippen molar-refractivity contribution in [3.8, 4) is 11.1 Å². The van der Waals surface area contributed by atoms with E-state index >= 15 is 0 Å². The van der Waals surface area contributed by atoms with Crippen LogP contribution in [0, 0.1) is 5.92 Å². The highest BCUT2D eigenvalue weighted by Gasteiger charge is 2.30. The van der Waals surface area contributed by atoms with E-state index in [0.717, 1.165) is 11.1 Å². The summed E-state index contributed by atoms with van der Waals surface area (Å²) in [5, 5.41) is 2.67. The Hall–Kier alpha value is -2.09. The summed E-state index contributed by atoms with van der Waals surface area (Å²) in [5.74, 6) is -0.208. The maximum absolute atomic E-state index is 12.4. The molecule has 0 bridgehead atoms. The molecule has 1 amide bonds. The number of hydrogen-bond donors (Lipinski definition) is 1. The van der Waals surface area contributed by atoms with Gasteiger partial charge in [0.25, 0.3) is 0 Å². The van der Waals surface area contributed by atoms with Gasteiger partial charge in [0.05, 0.1) is 0 Å². The van der Waals surface area contributed by atoms with Crippen LogP contribution in [0.25, 0.3) is 11.1 Å². The van der Waals surface area contributed by atoms with Crippen LogP contribution in [-0.2, 0) is 14.3 Å². The second-order valence-corrected chi connectivity index (χ2v) is 7.85. The Morgan fingerprint density at radius 3 is 2.11 bits per heavy atom. The monoisotopic (exact) mass is 493 g/mol. The molecule has 0 aliphatic heterocycles. The number of alkyl carbamates (subject to hydrolysis) is 1. The first kappa shape index (κ1) is 20.6. The minimum absolute atomic E-state index is 0.0111. The SMILES string of the molecule is CC(C)C[C@@H](NC(=O)OCC1c2ccccc2-c2ccccc21)C(=O)OCI. The lowest BCUT2D eigenvalue weighted by atomic mass is 9.98. The molecule has 0 heterocycles. The fourth-order valence-electron chi connectivity index (χ4n) is 3.62. The van der Waals surface area contributed by atoms with Crippen LogP contribution in [0.3, 0.4) is 0 Å². The number of rotatable bonds is 7. The number of carbonyl (C=O) groups is 2. The first-order valence-electron chi connectivity index (χ1n) is 9.35. The van der Waals surface area contributed by atoms with Gasteiger partial charge < -0.3 is 14.8 Å². The van der Waals surface area contributed by atoms with Crippen molar-refractivity contribution in [1.29, 1.82) is 0 Å². The number of nitrogens with one attached hydrogen (secondary N) is 1. The van der Waals surface area contributed by atoms with Crippen molar-refractivity contribution < 1.29 is 19.1 Å². The topological polar surface area (TPSA) is 64.6 Å². The molecule has 6 heteroatoms. The van der Waals surface area contributed by atoms with Gasteiger partial charge in [-0.25, -0.2) is 9.59 Å². The highest BCUT2D eigenvalue weighted by atomic mass is 127. The van der Waals surface area contributed by atoms with Gasteiger partial charge in [-0.05, 0) is 57.2 Å². The molecule has 0 saturated heterocycles. The van der Waals surface area contributed by atoms with Crippen molar-refractivity contribution >= 4 is 34.7 Å². The minimum atomic E-state index is -0.703. The molecule has 0 spiro atoms. The molecule has 148 valence electrons. The molecule has 0 radical (unpaired) electrons. The van der Waals surface area contributed by atoms with Crippen LogP contribution in [0.2, 0.25) is 0 Å². The van der Waals surface area contributed by atoms with Gasteiger partial charge in [-0.2, -0.15) is 0 Å². The van der Waals surface area contributed by atoms with E-state index in [1.807, 2.05) is 60.7 Å². The molecule has 28 heavy (non-hydrogen) atoms. The predicted molar refractivity (Wildman–Crippen MR) is 116 cm³/mol. The van der Waals surface area contributed by atoms with Crippen molar-refractivity contribution in [2.45, 2.75) is 32.2 Å². The van der Waals surface area contributed by atoms with Gasteiger partial charge in [0.1, 0.15) is 17.3 Å². The maximum atomic E-state index is 12.4. The molecule has 2 aromatic rings. The average molecular weight is 493 g/mol. The molecular formula is C22H24INO4. The normalized spacial score (nSPS) is 13.6. The first-order valence-corrected chi connectivity index (χ1v) is 10.9. The van der Waals surface area contributed by atoms with Crippen LogP contribution in [0.15, 0.2) is 48.5 Å². The van der Waals surface area contributed by atoms with Gasteiger partial charge >= 0.3 is 12.1 Å². The van der Waals surface area contributed by atoms with Gasteiger partial charge in [0, 0.05) is 5.92 Å². The third kappa shape index (κ3) is 4.66. The summed E-state index contributed by atoms with van der Waals surface area (Å²) in [4.78, 5) is 24.5. The van der Waals surface area contributed by atoms with Crippen LogP contribution in [0.1, 0.15) is 37.3 Å². The van der Waals surface area contributed by atoms with E-state index in [4.69, 9.17) is 9.47 Å². The average Bonchev–Trinajstić information content (AvgIpc) is 3.00. The summed E-state index contributed by atoms with van der Waals surface area (Å²) < 4.78 is 10.8. The van der Waals surface area contributed by atoms with Crippen LogP contribution in [0.4, 0.5) is 4.79 Å². The minimum Gasteiger partial charge on any atom is -0.453 e. The van der Waals surface area contributed by atoms with Crippen molar-refractivity contribution in [2.24, 2.45) is 5.92 Å². The Balaban J connectivity index is 1.68. The summed E-state index contributed by atoms with van der Waals surface area (Å²) in [6.45, 7) is 4.20. The molecule has 5 nitrogen and oxygen atoms in total. The number of amides is 1. The summed E-state index contributed by atoms with van der Waals surface area (Å²) in [6, 6.07) is 15.6. The molecule has 1 atom stereocenters. The van der Waals surface area contributed by atoms with Gasteiger partial charge in [0.2, 0.25) is 0 Å². The van der Waals surface area contributed by atoms with Crippen LogP contribution in [-0.4, -0.2) is 29.3 Å². The van der Waals surface area contributed by atoms with Gasteiger partial charge in [-0.1, -0.05) is 62.4 Å². The van der Waals surface area contributed by atoms with E-state index < -0.39 is 18.1 Å². The highest BCUT2D eigenvalue weighted by Crippen LogP contribution is 2.44. The lowest BCUT2D eigenvalue weighted by Gasteiger charge is -2.20. The second kappa shape index (κ2) is 9.41. The lowest BCUT2D eigenvalue weighted by molar-refractivity contribution is -0.143. The van der Waals surface area contributed by atoms with E-state index in [-0.39, 0.29) is 23.1 Å². The van der Waals surface area contributed by atoms with E-state index in [0.29, 0.717) is 6.42 Å². The number of esters is 1. The summed E-state index contributed by atoms with van der Waals surface area (Å²) >= 11 is 1.96. The van der Waals surface area contributed by atoms with E-state index in [2.05, 4.69) is 29.6 Å². The van der Waals surface area contributed by atoms with Gasteiger partial charge in [-0.15, -0.1) is 0 Å². The molecule has 0 fully saturated rings. The van der Waals surface area contributed by atoms with Crippen molar-refractivity contribution in [3.63, 3.8) is 0 Å². The number of benzene rings is 2. The summed E-state index contributed by atoms with van der Waals surface area (Å²) in [7, 11) is 0. The van der Waals surface area contributed by atoms with Crippen LogP contribution in [0.5, 0.6) is 0 Å². The fourth-order valence-corrected chi connectivity index (χ4v) is 3.93. The quantitative estimate of drug-likeness (QED) is 0.340. The Bertz CT molecular complexity index is 806. The number of carbonyl (C=O) groups excluding carboxylic acids is 2. The van der Waals surface area contributed by atoms with Crippen LogP contribution < -0.4 is 5.32 Å². The largest absolute Gasteiger partial charge is 0.453 e. The zero-order valence-corrected chi connectivity index (χ0v) is 18.1. The second-order valence-electron chi connectivity index (χ2n) is 7.22. The Morgan fingerprint density at radius 1 is 1.00 bits per heavy atom. The van der Waals surface area contributed by atoms with Gasteiger partial charge in [-0.3, -0.25) is 0 Å². The molecular weight excluding hydrogens is 469 g/mol. The number of fused-ring (bicyclic) bond motifs is 3. The third-order valence-corrected chi connectivity index (χ3v) is 5.14. The Morgan fingerprint density at radius 2 is 1.57 bits per heavy atom. The fraction of sp³-hybridized carbons (Fsp3) is 0.364. The standard InChI is InChI=1S/C22H24INO4/c1-14(2)11-20(21(25)28-13-23)24-22(26)27-12-19-17-9-5-3-7-15(17)16-8-4-6-10-18(16)19/h3-10,14,19-20H,11-13H2,1-2H3,(H,24,26)/t20-/m1/s1. The van der Waals surface area contributed by atoms with E-state index in [1.54, 1.807) is 0 Å². The maximum Gasteiger partial charge on any atom is 0.407 e. The summed E-state index contributed by atoms with van der Waals surface area (Å²) in [5.41, 5.74) is 4.66. The predicted octanol–water partition coefficient (Wildman–Crippen LogP) is 4.88. The smallest absolute Gasteiger partial charge is 0.407 e. The molecule has 3 rings (SSSR count). The highest BCUT2D eigenvalue weighted by molar-refractivity contribution is 14.1. The number of halogens is 1. The Kier molecular flexibility index (Phi) is 6.93. The van der Waals surface area contributed by atoms with Crippen molar-refractivity contribution in [1.82, 2.24) is 5.32 Å². The van der Waals surface area contributed by atoms with Crippen molar-refractivity contribution in [3.05, 3.63) is 59.7 Å². The number of ether oxygens (including phenoxy) is 2. The molecule has 0 unspecified atom stereocenters. The van der Waals surface area contributed by atoms with E-state index in [1.165, 1.54) is 11.1 Å². The molecule has 1 aliphatic carbocycles. The van der Waals surface area contributed by atoms with Gasteiger partial charge in [0.15, 0.2) is 0 Å². The number of alkyl halides is 1. The molecule has 1 N–H and O–H groups in total.